The van der Waals surface area contributed by atoms with E-state index in [0.29, 0.717) is 0 Å². The lowest BCUT2D eigenvalue weighted by Gasteiger charge is -2.05. The molecule has 4 heteroatoms. The highest BCUT2D eigenvalue weighted by atomic mass is 32.2. The Hall–Kier alpha value is -0.840. The summed E-state index contributed by atoms with van der Waals surface area (Å²) in [6.07, 6.45) is 2.30. The lowest BCUT2D eigenvalue weighted by atomic mass is 10.2. The Morgan fingerprint density at radius 2 is 2.05 bits per heavy atom. The average molecular weight is 306 g/mol. The molecule has 1 N–H and O–H groups in total. The minimum atomic E-state index is 0.971. The molecule has 108 valence electrons. The van der Waals surface area contributed by atoms with Gasteiger partial charge in [-0.05, 0) is 44.0 Å². The van der Waals surface area contributed by atoms with Gasteiger partial charge in [-0.1, -0.05) is 19.1 Å². The molecule has 2 aromatic rings. The van der Waals surface area contributed by atoms with Crippen LogP contribution in [0.1, 0.15) is 29.5 Å². The van der Waals surface area contributed by atoms with Crippen LogP contribution in [0.15, 0.2) is 34.7 Å². The van der Waals surface area contributed by atoms with E-state index in [4.69, 9.17) is 0 Å². The van der Waals surface area contributed by atoms with Crippen molar-refractivity contribution in [1.82, 2.24) is 10.3 Å². The van der Waals surface area contributed by atoms with Crippen molar-refractivity contribution in [3.63, 3.8) is 0 Å². The van der Waals surface area contributed by atoms with Gasteiger partial charge in [-0.25, -0.2) is 4.98 Å². The predicted molar refractivity (Wildman–Crippen MR) is 89.7 cm³/mol. The van der Waals surface area contributed by atoms with Crippen LogP contribution in [0.3, 0.4) is 0 Å². The van der Waals surface area contributed by atoms with Gasteiger partial charge in [0.2, 0.25) is 0 Å². The maximum atomic E-state index is 4.29. The first-order chi connectivity index (χ1) is 9.79. The third kappa shape index (κ3) is 4.93. The third-order valence-corrected chi connectivity index (χ3v) is 5.13. The van der Waals surface area contributed by atoms with Gasteiger partial charge in [-0.15, -0.1) is 23.1 Å². The van der Waals surface area contributed by atoms with Crippen molar-refractivity contribution >= 4 is 23.1 Å². The summed E-state index contributed by atoms with van der Waals surface area (Å²) in [5, 5.41) is 3.43. The van der Waals surface area contributed by atoms with Crippen LogP contribution in [0.5, 0.6) is 0 Å². The first-order valence-electron chi connectivity index (χ1n) is 7.11. The smallest absolute Gasteiger partial charge is 0.0797 e. The summed E-state index contributed by atoms with van der Waals surface area (Å²) in [5.41, 5.74) is 4.49. The van der Waals surface area contributed by atoms with Gasteiger partial charge in [0.05, 0.1) is 11.2 Å². The molecule has 0 aliphatic rings. The molecule has 20 heavy (non-hydrogen) atoms. The van der Waals surface area contributed by atoms with Crippen LogP contribution in [0.2, 0.25) is 0 Å². The highest BCUT2D eigenvalue weighted by Gasteiger charge is 2.02. The number of hydrogen-bond donors (Lipinski definition) is 1. The zero-order valence-electron chi connectivity index (χ0n) is 12.2. The number of hydrogen-bond acceptors (Lipinski definition) is 4. The summed E-state index contributed by atoms with van der Waals surface area (Å²) < 4.78 is 0. The third-order valence-electron chi connectivity index (χ3n) is 3.12. The summed E-state index contributed by atoms with van der Waals surface area (Å²) in [4.78, 5) is 7.06. The molecular formula is C16H22N2S2. The van der Waals surface area contributed by atoms with Crippen LogP contribution in [0, 0.1) is 6.92 Å². The van der Waals surface area contributed by atoms with Crippen LogP contribution in [0.25, 0.3) is 0 Å². The lowest BCUT2D eigenvalue weighted by molar-refractivity contribution is 0.675. The van der Waals surface area contributed by atoms with Crippen molar-refractivity contribution < 1.29 is 0 Å². The molecule has 1 heterocycles. The Labute approximate surface area is 130 Å². The van der Waals surface area contributed by atoms with Crippen LogP contribution in [-0.4, -0.2) is 17.3 Å². The molecule has 0 bridgehead atoms. The van der Waals surface area contributed by atoms with Gasteiger partial charge in [-0.3, -0.25) is 0 Å². The topological polar surface area (TPSA) is 24.9 Å². The molecule has 0 saturated heterocycles. The number of nitrogens with zero attached hydrogens (tertiary/aromatic N) is 1. The number of nitrogens with one attached hydrogen (secondary N) is 1. The summed E-state index contributed by atoms with van der Waals surface area (Å²) in [7, 11) is 0. The molecule has 0 saturated carbocycles. The molecule has 2 nitrogen and oxygen atoms in total. The Kier molecular flexibility index (Phi) is 6.57. The highest BCUT2D eigenvalue weighted by molar-refractivity contribution is 7.99. The van der Waals surface area contributed by atoms with Gasteiger partial charge in [-0.2, -0.15) is 0 Å². The highest BCUT2D eigenvalue weighted by Crippen LogP contribution is 2.22. The molecule has 1 aromatic carbocycles. The number of benzene rings is 1. The molecule has 0 aliphatic heterocycles. The van der Waals surface area contributed by atoms with Crippen LogP contribution >= 0.6 is 23.1 Å². The van der Waals surface area contributed by atoms with Gasteiger partial charge in [0.1, 0.15) is 0 Å². The van der Waals surface area contributed by atoms with E-state index >= 15 is 0 Å². The Morgan fingerprint density at radius 1 is 1.25 bits per heavy atom. The summed E-state index contributed by atoms with van der Waals surface area (Å²) >= 11 is 3.69. The fourth-order valence-electron chi connectivity index (χ4n) is 1.94. The van der Waals surface area contributed by atoms with Crippen molar-refractivity contribution in [3.8, 4) is 0 Å². The Balaban J connectivity index is 1.74. The molecular weight excluding hydrogens is 284 g/mol. The molecule has 0 aliphatic carbocycles. The number of aryl methyl sites for hydroxylation is 2. The fraction of sp³-hybridized carbons (Fsp3) is 0.438. The van der Waals surface area contributed by atoms with Gasteiger partial charge < -0.3 is 5.32 Å². The van der Waals surface area contributed by atoms with Crippen LogP contribution in [-0.2, 0) is 13.0 Å². The number of thioether (sulfide) groups is 1. The summed E-state index contributed by atoms with van der Waals surface area (Å²) in [6.45, 7) is 6.34. The summed E-state index contributed by atoms with van der Waals surface area (Å²) in [6, 6.07) is 8.91. The van der Waals surface area contributed by atoms with Gasteiger partial charge in [0, 0.05) is 22.1 Å². The maximum Gasteiger partial charge on any atom is 0.0797 e. The molecule has 0 atom stereocenters. The van der Waals surface area contributed by atoms with E-state index in [1.54, 1.807) is 11.3 Å². The second-order valence-corrected chi connectivity index (χ2v) is 6.89. The molecule has 1 aromatic heterocycles. The summed E-state index contributed by atoms with van der Waals surface area (Å²) in [5.74, 6) is 1.12. The van der Waals surface area contributed by atoms with Crippen molar-refractivity contribution in [2.45, 2.75) is 38.1 Å². The predicted octanol–water partition coefficient (Wildman–Crippen LogP) is 4.29. The van der Waals surface area contributed by atoms with Gasteiger partial charge in [0.25, 0.3) is 0 Å². The van der Waals surface area contributed by atoms with Crippen molar-refractivity contribution in [1.29, 1.82) is 0 Å². The number of thiazole rings is 1. The van der Waals surface area contributed by atoms with E-state index < -0.39 is 0 Å². The molecule has 0 spiro atoms. The van der Waals surface area contributed by atoms with E-state index in [1.807, 2.05) is 17.3 Å². The van der Waals surface area contributed by atoms with Crippen molar-refractivity contribution in [2.24, 2.45) is 0 Å². The minimum Gasteiger partial charge on any atom is -0.313 e. The van der Waals surface area contributed by atoms with Crippen LogP contribution in [0.4, 0.5) is 0 Å². The Morgan fingerprint density at radius 3 is 2.70 bits per heavy atom. The minimum absolute atomic E-state index is 0.971. The van der Waals surface area contributed by atoms with E-state index in [2.05, 4.69) is 48.4 Å². The van der Waals surface area contributed by atoms with Crippen molar-refractivity contribution in [3.05, 3.63) is 45.9 Å². The molecule has 2 rings (SSSR count). The Bertz CT molecular complexity index is 505. The average Bonchev–Trinajstić information content (AvgIpc) is 2.87. The standard InChI is InChI=1S/C16H22N2S2/c1-3-9-17-11-14-4-6-15(7-5-14)19-10-8-16-13(2)18-12-20-16/h4-7,12,17H,3,8-11H2,1-2H3. The molecule has 0 radical (unpaired) electrons. The quantitative estimate of drug-likeness (QED) is 0.582. The first kappa shape index (κ1) is 15.5. The van der Waals surface area contributed by atoms with Crippen molar-refractivity contribution in [2.75, 3.05) is 12.3 Å². The number of aromatic nitrogens is 1. The molecule has 0 fully saturated rings. The largest absolute Gasteiger partial charge is 0.313 e. The zero-order chi connectivity index (χ0) is 14.2. The molecule has 0 unspecified atom stereocenters. The van der Waals surface area contributed by atoms with E-state index in [-0.39, 0.29) is 0 Å². The SMILES string of the molecule is CCCNCc1ccc(SCCc2scnc2C)cc1. The monoisotopic (exact) mass is 306 g/mol. The normalized spacial score (nSPS) is 10.9. The lowest BCUT2D eigenvalue weighted by Crippen LogP contribution is -2.13. The van der Waals surface area contributed by atoms with E-state index in [0.717, 1.165) is 25.3 Å². The zero-order valence-corrected chi connectivity index (χ0v) is 13.8. The van der Waals surface area contributed by atoms with E-state index in [1.165, 1.54) is 27.5 Å². The molecule has 0 amide bonds. The second-order valence-electron chi connectivity index (χ2n) is 4.78. The first-order valence-corrected chi connectivity index (χ1v) is 8.97. The second kappa shape index (κ2) is 8.45. The van der Waals surface area contributed by atoms with E-state index in [9.17, 15) is 0 Å². The van der Waals surface area contributed by atoms with Gasteiger partial charge in [0.15, 0.2) is 0 Å². The number of rotatable bonds is 8. The van der Waals surface area contributed by atoms with Gasteiger partial charge >= 0.3 is 0 Å². The maximum absolute atomic E-state index is 4.29. The van der Waals surface area contributed by atoms with Crippen LogP contribution < -0.4 is 5.32 Å². The fourth-order valence-corrected chi connectivity index (χ4v) is 3.72.